The molecule has 11 heteroatoms. The molecule has 6 rings (SSSR count). The van der Waals surface area contributed by atoms with E-state index >= 15 is 0 Å². The summed E-state index contributed by atoms with van der Waals surface area (Å²) in [6, 6.07) is 8.67. The number of carbonyl (C=O) groups is 3. The second-order valence-electron chi connectivity index (χ2n) is 11.4. The number of nitrogens with one attached hydrogen (secondary N) is 1. The van der Waals surface area contributed by atoms with Crippen molar-refractivity contribution >= 4 is 50.2 Å². The number of benzene rings is 1. The average Bonchev–Trinajstić information content (AvgIpc) is 3.21. The van der Waals surface area contributed by atoms with Gasteiger partial charge in [-0.3, -0.25) is 19.1 Å². The number of likely N-dealkylation sites (tertiary alicyclic amines) is 1. The van der Waals surface area contributed by atoms with Crippen LogP contribution in [-0.2, 0) is 16.1 Å². The Morgan fingerprint density at radius 1 is 1.10 bits per heavy atom. The predicted octanol–water partition coefficient (Wildman–Crippen LogP) is 4.73. The van der Waals surface area contributed by atoms with Gasteiger partial charge in [0.05, 0.1) is 5.52 Å². The summed E-state index contributed by atoms with van der Waals surface area (Å²) in [5.41, 5.74) is 3.33. The second-order valence-corrected chi connectivity index (χ2v) is 12.2. The van der Waals surface area contributed by atoms with Crippen LogP contribution in [0.3, 0.4) is 0 Å². The van der Waals surface area contributed by atoms with Crippen LogP contribution >= 0.6 is 15.9 Å². The van der Waals surface area contributed by atoms with Crippen LogP contribution in [0.1, 0.15) is 49.1 Å². The zero-order chi connectivity index (χ0) is 29.2. The highest BCUT2D eigenvalue weighted by molar-refractivity contribution is 9.10. The van der Waals surface area contributed by atoms with Crippen LogP contribution in [0.5, 0.6) is 0 Å². The van der Waals surface area contributed by atoms with Gasteiger partial charge in [-0.1, -0.05) is 26.0 Å². The van der Waals surface area contributed by atoms with Gasteiger partial charge in [0.15, 0.2) is 5.78 Å². The minimum atomic E-state index is -0.629. The molecular weight excluding hydrogens is 586 g/mol. The molecule has 2 unspecified atom stereocenters. The number of nitrogens with zero attached hydrogens (tertiary/aromatic N) is 6. The summed E-state index contributed by atoms with van der Waals surface area (Å²) in [5.74, 6) is 0.753. The average molecular weight is 617 g/mol. The zero-order valence-electron chi connectivity index (χ0n) is 23.5. The van der Waals surface area contributed by atoms with Crippen molar-refractivity contribution in [2.75, 3.05) is 5.32 Å². The Morgan fingerprint density at radius 2 is 1.83 bits per heavy atom. The van der Waals surface area contributed by atoms with Crippen molar-refractivity contribution in [1.82, 2.24) is 29.6 Å². The van der Waals surface area contributed by atoms with Gasteiger partial charge in [0.2, 0.25) is 11.8 Å². The molecule has 2 aliphatic rings. The topological polar surface area (TPSA) is 123 Å². The number of Topliss-reactive ketones (excluding diaryl/α,β-unsaturated/α-hetero) is 1. The molecule has 41 heavy (non-hydrogen) atoms. The van der Waals surface area contributed by atoms with Gasteiger partial charge >= 0.3 is 0 Å². The lowest BCUT2D eigenvalue weighted by Gasteiger charge is -2.28. The first-order valence-electron chi connectivity index (χ1n) is 13.5. The number of hydrogen-bond acceptors (Lipinski definition) is 7. The number of hydrogen-bond donors (Lipinski definition) is 1. The first kappa shape index (κ1) is 27.2. The molecule has 1 saturated heterocycles. The van der Waals surface area contributed by atoms with Crippen LogP contribution in [0.4, 0.5) is 5.82 Å². The van der Waals surface area contributed by atoms with Crippen LogP contribution in [-0.4, -0.2) is 59.3 Å². The van der Waals surface area contributed by atoms with Crippen molar-refractivity contribution in [3.63, 3.8) is 0 Å². The number of amides is 2. The van der Waals surface area contributed by atoms with Crippen LogP contribution in [0.25, 0.3) is 22.0 Å². The highest BCUT2D eigenvalue weighted by atomic mass is 79.9. The van der Waals surface area contributed by atoms with E-state index in [-0.39, 0.29) is 41.5 Å². The van der Waals surface area contributed by atoms with Crippen molar-refractivity contribution in [2.24, 2.45) is 11.3 Å². The van der Waals surface area contributed by atoms with E-state index in [0.717, 1.165) is 16.7 Å². The minimum Gasteiger partial charge on any atom is -0.325 e. The van der Waals surface area contributed by atoms with Crippen molar-refractivity contribution in [2.45, 2.75) is 59.7 Å². The molecular formula is C30H30BrN7O3. The Morgan fingerprint density at radius 3 is 2.54 bits per heavy atom. The van der Waals surface area contributed by atoms with Crippen molar-refractivity contribution < 1.29 is 14.4 Å². The van der Waals surface area contributed by atoms with E-state index in [4.69, 9.17) is 0 Å². The zero-order valence-corrected chi connectivity index (χ0v) is 25.1. The molecule has 10 nitrogen and oxygen atoms in total. The number of fused-ring (bicyclic) bond motifs is 2. The fraction of sp³-hybridized carbons (Fsp3) is 0.367. The number of anilines is 1. The Kier molecular flexibility index (Phi) is 6.52. The second kappa shape index (κ2) is 9.83. The summed E-state index contributed by atoms with van der Waals surface area (Å²) in [6.45, 7) is 9.32. The lowest BCUT2D eigenvalue weighted by Crippen LogP contribution is -2.47. The molecule has 210 valence electrons. The molecule has 4 atom stereocenters. The Labute approximate surface area is 245 Å². The van der Waals surface area contributed by atoms with E-state index in [0.29, 0.717) is 39.3 Å². The lowest BCUT2D eigenvalue weighted by molar-refractivity contribution is -0.138. The molecule has 1 saturated carbocycles. The summed E-state index contributed by atoms with van der Waals surface area (Å²) >= 11 is 3.36. The van der Waals surface area contributed by atoms with E-state index < -0.39 is 6.04 Å². The highest BCUT2D eigenvalue weighted by Gasteiger charge is 2.70. The van der Waals surface area contributed by atoms with Crippen LogP contribution in [0.15, 0.2) is 47.3 Å². The third-order valence-corrected chi connectivity index (χ3v) is 9.17. The number of pyridine rings is 1. The van der Waals surface area contributed by atoms with Crippen LogP contribution in [0, 0.1) is 25.2 Å². The first-order valence-corrected chi connectivity index (χ1v) is 14.3. The molecule has 3 aromatic heterocycles. The largest absolute Gasteiger partial charge is 0.325 e. The standard InChI is InChI=1S/C30H30BrN7O3/c1-15-6-9-24(31)34-28(15)35-29(41)23-11-30(5)16(2)27(30)38(23)25(40)14-37-22-8-7-19(20-12-32-18(4)33-13-20)10-21(22)26(36-37)17(3)39/h6-10,12-13,16,23,27H,11,14H2,1-5H3,(H,34,35,41)/t16?,23-,27?,30+/m0/s1. The van der Waals surface area contributed by atoms with Gasteiger partial charge in [0.25, 0.3) is 0 Å². The van der Waals surface area contributed by atoms with E-state index in [1.165, 1.54) is 6.92 Å². The van der Waals surface area contributed by atoms with Crippen LogP contribution in [0.2, 0.25) is 0 Å². The molecule has 0 spiro atoms. The smallest absolute Gasteiger partial charge is 0.248 e. The highest BCUT2D eigenvalue weighted by Crippen LogP contribution is 2.64. The fourth-order valence-electron chi connectivity index (χ4n) is 6.21. The molecule has 1 aliphatic heterocycles. The minimum absolute atomic E-state index is 0.0374. The van der Waals surface area contributed by atoms with Gasteiger partial charge in [-0.15, -0.1) is 0 Å². The maximum absolute atomic E-state index is 13.9. The normalized spacial score (nSPS) is 23.0. The van der Waals surface area contributed by atoms with E-state index in [1.54, 1.807) is 22.0 Å². The number of carbonyl (C=O) groups excluding carboxylic acids is 3. The monoisotopic (exact) mass is 615 g/mol. The van der Waals surface area contributed by atoms with E-state index in [1.807, 2.05) is 44.2 Å². The van der Waals surface area contributed by atoms with Gasteiger partial charge in [-0.05, 0) is 76.9 Å². The summed E-state index contributed by atoms with van der Waals surface area (Å²) < 4.78 is 2.19. The van der Waals surface area contributed by atoms with Gasteiger partial charge < -0.3 is 10.2 Å². The predicted molar refractivity (Wildman–Crippen MR) is 157 cm³/mol. The number of piperidine rings is 1. The number of ketones is 1. The van der Waals surface area contributed by atoms with Crippen LogP contribution < -0.4 is 5.32 Å². The Bertz CT molecular complexity index is 1730. The van der Waals surface area contributed by atoms with Gasteiger partial charge in [0.1, 0.15) is 34.5 Å². The molecule has 4 aromatic rings. The number of aryl methyl sites for hydroxylation is 2. The third-order valence-electron chi connectivity index (χ3n) is 8.73. The van der Waals surface area contributed by atoms with Gasteiger partial charge in [-0.25, -0.2) is 15.0 Å². The summed E-state index contributed by atoms with van der Waals surface area (Å²) in [7, 11) is 0. The van der Waals surface area contributed by atoms with Crippen molar-refractivity contribution in [1.29, 1.82) is 0 Å². The maximum Gasteiger partial charge on any atom is 0.248 e. The lowest BCUT2D eigenvalue weighted by atomic mass is 9.98. The molecule has 0 radical (unpaired) electrons. The molecule has 1 aliphatic carbocycles. The molecule has 2 amide bonds. The molecule has 4 heterocycles. The molecule has 1 aromatic carbocycles. The van der Waals surface area contributed by atoms with Crippen molar-refractivity contribution in [3.05, 3.63) is 64.4 Å². The summed E-state index contributed by atoms with van der Waals surface area (Å²) in [4.78, 5) is 54.7. The molecule has 0 bridgehead atoms. The van der Waals surface area contributed by atoms with Crippen molar-refractivity contribution in [3.8, 4) is 11.1 Å². The number of rotatable bonds is 6. The van der Waals surface area contributed by atoms with Gasteiger partial charge in [0, 0.05) is 36.3 Å². The van der Waals surface area contributed by atoms with Gasteiger partial charge in [-0.2, -0.15) is 5.10 Å². The van der Waals surface area contributed by atoms with E-state index in [9.17, 15) is 14.4 Å². The molecule has 2 fully saturated rings. The SMILES string of the molecule is CC(=O)c1nn(CC(=O)N2C3C(C)[C@@]3(C)C[C@H]2C(=O)Nc2nc(Br)ccc2C)c2ccc(-c3cnc(C)nc3)cc12. The number of aromatic nitrogens is 5. The quantitative estimate of drug-likeness (QED) is 0.245. The first-order chi connectivity index (χ1) is 19.5. The maximum atomic E-state index is 13.9. The third kappa shape index (κ3) is 4.61. The van der Waals surface area contributed by atoms with E-state index in [2.05, 4.69) is 55.1 Å². The summed E-state index contributed by atoms with van der Waals surface area (Å²) in [5, 5.41) is 8.15. The number of halogens is 1. The molecule has 1 N–H and O–H groups in total. The Balaban J connectivity index is 1.31. The Hall–Kier alpha value is -3.99. The fourth-order valence-corrected chi connectivity index (χ4v) is 6.52. The summed E-state index contributed by atoms with van der Waals surface area (Å²) in [6.07, 6.45) is 4.05.